The molecule has 1 amide bonds. The quantitative estimate of drug-likeness (QED) is 0.596. The van der Waals surface area contributed by atoms with E-state index in [1.165, 1.54) is 24.3 Å². The molecule has 0 saturated heterocycles. The van der Waals surface area contributed by atoms with E-state index in [0.717, 1.165) is 17.0 Å². The lowest BCUT2D eigenvalue weighted by molar-refractivity contribution is -0.137. The van der Waals surface area contributed by atoms with E-state index >= 15 is 0 Å². The van der Waals surface area contributed by atoms with Crippen LogP contribution in [0.25, 0.3) is 0 Å². The van der Waals surface area contributed by atoms with E-state index in [1.807, 2.05) is 0 Å². The third-order valence-electron chi connectivity index (χ3n) is 3.65. The lowest BCUT2D eigenvalue weighted by Gasteiger charge is -2.17. The first-order chi connectivity index (χ1) is 11.2. The Hall–Kier alpha value is -2.41. The van der Waals surface area contributed by atoms with Gasteiger partial charge in [-0.3, -0.25) is 9.59 Å². The number of benzene rings is 2. The molecule has 0 spiro atoms. The van der Waals surface area contributed by atoms with Crippen molar-refractivity contribution in [2.75, 3.05) is 4.90 Å². The minimum Gasteiger partial charge on any atom is -0.300 e. The molecule has 8 heteroatoms. The zero-order valence-electron chi connectivity index (χ0n) is 11.8. The van der Waals surface area contributed by atoms with E-state index in [9.17, 15) is 27.2 Å². The number of amides is 1. The standard InChI is InChI=1S/C16H8ClF4NO2/c17-10-5-6-11-12(13(10)18)14(23)15(24)22(11)7-8-1-3-9(4-2-8)16(19,20)21/h1-6H,7H2. The topological polar surface area (TPSA) is 37.4 Å². The number of fused-ring (bicyclic) bond motifs is 1. The van der Waals surface area contributed by atoms with Crippen LogP contribution in [-0.4, -0.2) is 11.7 Å². The number of hydrogen-bond acceptors (Lipinski definition) is 2. The smallest absolute Gasteiger partial charge is 0.300 e. The molecule has 0 bridgehead atoms. The monoisotopic (exact) mass is 357 g/mol. The highest BCUT2D eigenvalue weighted by Crippen LogP contribution is 2.35. The molecule has 0 fully saturated rings. The first-order valence-corrected chi connectivity index (χ1v) is 7.08. The summed E-state index contributed by atoms with van der Waals surface area (Å²) in [5.41, 5.74) is -0.827. The van der Waals surface area contributed by atoms with Crippen LogP contribution in [0.5, 0.6) is 0 Å². The van der Waals surface area contributed by atoms with Gasteiger partial charge in [0.15, 0.2) is 5.82 Å². The maximum atomic E-state index is 14.0. The molecule has 0 radical (unpaired) electrons. The van der Waals surface area contributed by atoms with Crippen molar-refractivity contribution in [1.82, 2.24) is 0 Å². The van der Waals surface area contributed by atoms with Crippen LogP contribution in [0.4, 0.5) is 23.2 Å². The number of anilines is 1. The molecule has 0 N–H and O–H groups in total. The largest absolute Gasteiger partial charge is 0.416 e. The van der Waals surface area contributed by atoms with Crippen molar-refractivity contribution >= 4 is 29.0 Å². The molecule has 3 rings (SSSR count). The maximum Gasteiger partial charge on any atom is 0.416 e. The SMILES string of the molecule is O=C1C(=O)N(Cc2ccc(C(F)(F)F)cc2)c2ccc(Cl)c(F)c21. The summed E-state index contributed by atoms with van der Waals surface area (Å²) in [5.74, 6) is -2.97. The number of carbonyl (C=O) groups excluding carboxylic acids is 2. The number of carbonyl (C=O) groups is 2. The van der Waals surface area contributed by atoms with Gasteiger partial charge in [0.1, 0.15) is 0 Å². The number of ketones is 1. The molecule has 0 aromatic heterocycles. The Morgan fingerprint density at radius 3 is 2.21 bits per heavy atom. The van der Waals surface area contributed by atoms with Crippen LogP contribution in [0.3, 0.4) is 0 Å². The zero-order valence-corrected chi connectivity index (χ0v) is 12.6. The van der Waals surface area contributed by atoms with Gasteiger partial charge in [-0.15, -0.1) is 0 Å². The molecule has 1 aliphatic rings. The van der Waals surface area contributed by atoms with E-state index in [2.05, 4.69) is 0 Å². The number of Topliss-reactive ketones (excluding diaryl/α,β-unsaturated/α-hetero) is 1. The zero-order chi connectivity index (χ0) is 17.6. The Bertz CT molecular complexity index is 846. The van der Waals surface area contributed by atoms with Crippen molar-refractivity contribution in [2.45, 2.75) is 12.7 Å². The number of hydrogen-bond donors (Lipinski definition) is 0. The van der Waals surface area contributed by atoms with Gasteiger partial charge in [0.05, 0.1) is 28.4 Å². The molecule has 0 aliphatic carbocycles. The van der Waals surface area contributed by atoms with Crippen molar-refractivity contribution in [3.63, 3.8) is 0 Å². The van der Waals surface area contributed by atoms with Gasteiger partial charge in [-0.2, -0.15) is 13.2 Å². The lowest BCUT2D eigenvalue weighted by Crippen LogP contribution is -2.29. The second-order valence-corrected chi connectivity index (χ2v) is 5.58. The summed E-state index contributed by atoms with van der Waals surface area (Å²) in [4.78, 5) is 25.0. The fraction of sp³-hybridized carbons (Fsp3) is 0.125. The number of rotatable bonds is 2. The molecular formula is C16H8ClF4NO2. The molecule has 24 heavy (non-hydrogen) atoms. The minimum absolute atomic E-state index is 0.0480. The van der Waals surface area contributed by atoms with Gasteiger partial charge >= 0.3 is 6.18 Å². The highest BCUT2D eigenvalue weighted by molar-refractivity contribution is 6.52. The second-order valence-electron chi connectivity index (χ2n) is 5.17. The normalized spacial score (nSPS) is 14.3. The van der Waals surface area contributed by atoms with E-state index < -0.39 is 34.8 Å². The van der Waals surface area contributed by atoms with Crippen LogP contribution in [0, 0.1) is 5.82 Å². The molecule has 0 saturated carbocycles. The molecular weight excluding hydrogens is 350 g/mol. The molecule has 0 atom stereocenters. The third-order valence-corrected chi connectivity index (χ3v) is 3.94. The van der Waals surface area contributed by atoms with Gasteiger partial charge in [-0.25, -0.2) is 4.39 Å². The molecule has 1 heterocycles. The van der Waals surface area contributed by atoms with E-state index in [1.54, 1.807) is 0 Å². The van der Waals surface area contributed by atoms with Gasteiger partial charge in [0.2, 0.25) is 0 Å². The van der Waals surface area contributed by atoms with Crippen molar-refractivity contribution in [2.24, 2.45) is 0 Å². The first-order valence-electron chi connectivity index (χ1n) is 6.70. The summed E-state index contributed by atoms with van der Waals surface area (Å²) in [6.07, 6.45) is -4.47. The van der Waals surface area contributed by atoms with Crippen LogP contribution < -0.4 is 4.90 Å². The van der Waals surface area contributed by atoms with Crippen molar-refractivity contribution in [3.8, 4) is 0 Å². The summed E-state index contributed by atoms with van der Waals surface area (Å²) < 4.78 is 51.6. The Morgan fingerprint density at radius 1 is 1.00 bits per heavy atom. The summed E-state index contributed by atoms with van der Waals surface area (Å²) in [7, 11) is 0. The fourth-order valence-electron chi connectivity index (χ4n) is 2.46. The molecule has 2 aromatic carbocycles. The van der Waals surface area contributed by atoms with E-state index in [4.69, 9.17) is 11.6 Å². The third kappa shape index (κ3) is 2.65. The molecule has 1 aliphatic heterocycles. The van der Waals surface area contributed by atoms with Gasteiger partial charge in [-0.1, -0.05) is 23.7 Å². The van der Waals surface area contributed by atoms with Crippen LogP contribution in [0.15, 0.2) is 36.4 Å². The summed E-state index contributed by atoms with van der Waals surface area (Å²) in [6, 6.07) is 6.69. The van der Waals surface area contributed by atoms with Gasteiger partial charge < -0.3 is 4.90 Å². The highest BCUT2D eigenvalue weighted by Gasteiger charge is 2.39. The Morgan fingerprint density at radius 2 is 1.62 bits per heavy atom. The van der Waals surface area contributed by atoms with E-state index in [-0.39, 0.29) is 17.3 Å². The van der Waals surface area contributed by atoms with Crippen molar-refractivity contribution < 1.29 is 27.2 Å². The van der Waals surface area contributed by atoms with Crippen LogP contribution in [-0.2, 0) is 17.5 Å². The Balaban J connectivity index is 1.93. The average molecular weight is 358 g/mol. The first kappa shape index (κ1) is 16.4. The summed E-state index contributed by atoms with van der Waals surface area (Å²) in [5, 5.41) is -0.286. The van der Waals surface area contributed by atoms with Crippen LogP contribution >= 0.6 is 11.6 Å². The maximum absolute atomic E-state index is 14.0. The van der Waals surface area contributed by atoms with Gasteiger partial charge in [0.25, 0.3) is 11.7 Å². The minimum atomic E-state index is -4.47. The average Bonchev–Trinajstić information content (AvgIpc) is 2.76. The second kappa shape index (κ2) is 5.59. The highest BCUT2D eigenvalue weighted by atomic mass is 35.5. The molecule has 3 nitrogen and oxygen atoms in total. The molecule has 0 unspecified atom stereocenters. The fourth-order valence-corrected chi connectivity index (χ4v) is 2.62. The van der Waals surface area contributed by atoms with Crippen molar-refractivity contribution in [1.29, 1.82) is 0 Å². The van der Waals surface area contributed by atoms with Gasteiger partial charge in [0, 0.05) is 0 Å². The molecule has 124 valence electrons. The van der Waals surface area contributed by atoms with Gasteiger partial charge in [-0.05, 0) is 29.8 Å². The van der Waals surface area contributed by atoms with Crippen molar-refractivity contribution in [3.05, 3.63) is 63.9 Å². The van der Waals surface area contributed by atoms with E-state index in [0.29, 0.717) is 5.56 Å². The van der Waals surface area contributed by atoms with Crippen LogP contribution in [0.2, 0.25) is 5.02 Å². The summed E-state index contributed by atoms with van der Waals surface area (Å²) in [6.45, 7) is -0.156. The molecule has 2 aromatic rings. The Kier molecular flexibility index (Phi) is 3.83. The number of alkyl halides is 3. The summed E-state index contributed by atoms with van der Waals surface area (Å²) >= 11 is 5.61. The predicted molar refractivity (Wildman–Crippen MR) is 78.4 cm³/mol. The van der Waals surface area contributed by atoms with Crippen LogP contribution in [0.1, 0.15) is 21.5 Å². The number of halogens is 5. The lowest BCUT2D eigenvalue weighted by atomic mass is 10.1. The number of nitrogens with zero attached hydrogens (tertiary/aromatic N) is 1. The predicted octanol–water partition coefficient (Wildman–Crippen LogP) is 4.23. The Labute approximate surface area is 138 Å².